The van der Waals surface area contributed by atoms with Crippen LogP contribution in [-0.2, 0) is 12.4 Å². The summed E-state index contributed by atoms with van der Waals surface area (Å²) in [7, 11) is 0. The molecule has 1 fully saturated rings. The van der Waals surface area contributed by atoms with Gasteiger partial charge in [-0.25, -0.2) is 4.98 Å². The van der Waals surface area contributed by atoms with E-state index in [4.69, 9.17) is 11.6 Å². The topological polar surface area (TPSA) is 19.4 Å². The lowest BCUT2D eigenvalue weighted by Gasteiger charge is -2.35. The fourth-order valence-corrected chi connectivity index (χ4v) is 3.73. The maximum Gasteiger partial charge on any atom is 0.107 e. The normalized spacial score (nSPS) is 16.4. The number of thiazole rings is 1. The Balaban J connectivity index is 1.55. The standard InChI is InChI=1S/C16H20ClN3S/c1-13-3-2-4-15(9-13)20-7-5-19(6-8-20)11-16-18-14(10-17)12-21-16/h2-4,9,12H,5-8,10-11H2,1H3. The first-order valence-electron chi connectivity index (χ1n) is 7.28. The summed E-state index contributed by atoms with van der Waals surface area (Å²) in [6.45, 7) is 7.43. The summed E-state index contributed by atoms with van der Waals surface area (Å²) in [5.41, 5.74) is 3.66. The second kappa shape index (κ2) is 6.77. The lowest BCUT2D eigenvalue weighted by Crippen LogP contribution is -2.45. The van der Waals surface area contributed by atoms with Crippen LogP contribution in [0.15, 0.2) is 29.6 Å². The van der Waals surface area contributed by atoms with Crippen LogP contribution in [0.3, 0.4) is 0 Å². The molecule has 1 aliphatic heterocycles. The highest BCUT2D eigenvalue weighted by Crippen LogP contribution is 2.19. The summed E-state index contributed by atoms with van der Waals surface area (Å²) in [5.74, 6) is 0.512. The SMILES string of the molecule is Cc1cccc(N2CCN(Cc3nc(CCl)cs3)CC2)c1. The number of benzene rings is 1. The molecule has 0 amide bonds. The highest BCUT2D eigenvalue weighted by molar-refractivity contribution is 7.09. The predicted octanol–water partition coefficient (Wildman–Crippen LogP) is 3.51. The molecule has 0 saturated carbocycles. The molecule has 0 aliphatic carbocycles. The fourth-order valence-electron chi connectivity index (χ4n) is 2.66. The van der Waals surface area contributed by atoms with Gasteiger partial charge in [0, 0.05) is 37.2 Å². The third kappa shape index (κ3) is 3.76. The van der Waals surface area contributed by atoms with Crippen LogP contribution in [0.25, 0.3) is 0 Å². The van der Waals surface area contributed by atoms with Crippen LogP contribution in [0.1, 0.15) is 16.3 Å². The third-order valence-corrected chi connectivity index (χ3v) is 4.99. The van der Waals surface area contributed by atoms with E-state index < -0.39 is 0 Å². The first kappa shape index (κ1) is 14.8. The lowest BCUT2D eigenvalue weighted by molar-refractivity contribution is 0.249. The van der Waals surface area contributed by atoms with E-state index in [1.54, 1.807) is 11.3 Å². The number of aryl methyl sites for hydroxylation is 1. The molecule has 3 rings (SSSR count). The van der Waals surface area contributed by atoms with Crippen LogP contribution in [0.5, 0.6) is 0 Å². The van der Waals surface area contributed by atoms with E-state index >= 15 is 0 Å². The fraction of sp³-hybridized carbons (Fsp3) is 0.438. The molecule has 5 heteroatoms. The Morgan fingerprint density at radius 1 is 1.24 bits per heavy atom. The van der Waals surface area contributed by atoms with Crippen molar-refractivity contribution in [2.24, 2.45) is 0 Å². The van der Waals surface area contributed by atoms with Crippen molar-refractivity contribution < 1.29 is 0 Å². The Labute approximate surface area is 135 Å². The summed E-state index contributed by atoms with van der Waals surface area (Å²) in [5, 5.41) is 3.24. The van der Waals surface area contributed by atoms with Gasteiger partial charge in [-0.1, -0.05) is 12.1 Å². The maximum absolute atomic E-state index is 5.81. The highest BCUT2D eigenvalue weighted by atomic mass is 35.5. The van der Waals surface area contributed by atoms with Crippen molar-refractivity contribution >= 4 is 28.6 Å². The van der Waals surface area contributed by atoms with E-state index in [-0.39, 0.29) is 0 Å². The van der Waals surface area contributed by atoms with Crippen molar-refractivity contribution in [3.05, 3.63) is 45.9 Å². The average Bonchev–Trinajstić information content (AvgIpc) is 2.96. The largest absolute Gasteiger partial charge is 0.369 e. The van der Waals surface area contributed by atoms with Crippen LogP contribution in [-0.4, -0.2) is 36.1 Å². The number of piperazine rings is 1. The molecule has 112 valence electrons. The molecule has 2 aromatic rings. The van der Waals surface area contributed by atoms with Gasteiger partial charge < -0.3 is 4.90 Å². The zero-order chi connectivity index (χ0) is 14.7. The van der Waals surface area contributed by atoms with E-state index in [1.165, 1.54) is 16.3 Å². The average molecular weight is 322 g/mol. The van der Waals surface area contributed by atoms with Gasteiger partial charge >= 0.3 is 0 Å². The molecule has 0 bridgehead atoms. The zero-order valence-corrected chi connectivity index (χ0v) is 13.8. The molecule has 1 aromatic carbocycles. The highest BCUT2D eigenvalue weighted by Gasteiger charge is 2.18. The predicted molar refractivity (Wildman–Crippen MR) is 90.3 cm³/mol. The molecule has 2 heterocycles. The maximum atomic E-state index is 5.81. The first-order chi connectivity index (χ1) is 10.2. The van der Waals surface area contributed by atoms with Crippen LogP contribution < -0.4 is 4.90 Å². The number of halogens is 1. The minimum Gasteiger partial charge on any atom is -0.369 e. The number of hydrogen-bond acceptors (Lipinski definition) is 4. The molecule has 0 N–H and O–H groups in total. The van der Waals surface area contributed by atoms with Crippen LogP contribution >= 0.6 is 22.9 Å². The molecule has 0 spiro atoms. The van der Waals surface area contributed by atoms with Gasteiger partial charge in [0.2, 0.25) is 0 Å². The Bertz CT molecular complexity index is 591. The molecule has 1 aromatic heterocycles. The van der Waals surface area contributed by atoms with Crippen molar-refractivity contribution in [3.63, 3.8) is 0 Å². The molecular weight excluding hydrogens is 302 g/mol. The lowest BCUT2D eigenvalue weighted by atomic mass is 10.2. The molecule has 0 unspecified atom stereocenters. The van der Waals surface area contributed by atoms with Crippen LogP contribution in [0, 0.1) is 6.92 Å². The van der Waals surface area contributed by atoms with Gasteiger partial charge in [-0.3, -0.25) is 4.90 Å². The zero-order valence-electron chi connectivity index (χ0n) is 12.3. The van der Waals surface area contributed by atoms with Gasteiger partial charge in [0.25, 0.3) is 0 Å². The summed E-state index contributed by atoms with van der Waals surface area (Å²) >= 11 is 7.52. The summed E-state index contributed by atoms with van der Waals surface area (Å²) < 4.78 is 0. The van der Waals surface area contributed by atoms with E-state index in [1.807, 2.05) is 0 Å². The quantitative estimate of drug-likeness (QED) is 0.803. The molecule has 1 saturated heterocycles. The first-order valence-corrected chi connectivity index (χ1v) is 8.69. The number of nitrogens with zero attached hydrogens (tertiary/aromatic N) is 3. The Morgan fingerprint density at radius 2 is 2.05 bits per heavy atom. The third-order valence-electron chi connectivity index (χ3n) is 3.83. The van der Waals surface area contributed by atoms with Gasteiger partial charge in [0.05, 0.1) is 18.1 Å². The summed E-state index contributed by atoms with van der Waals surface area (Å²) in [6.07, 6.45) is 0. The molecule has 0 atom stereocenters. The van der Waals surface area contributed by atoms with E-state index in [0.29, 0.717) is 5.88 Å². The number of anilines is 1. The van der Waals surface area contributed by atoms with Gasteiger partial charge in [0.1, 0.15) is 5.01 Å². The molecule has 0 radical (unpaired) electrons. The second-order valence-electron chi connectivity index (χ2n) is 5.47. The van der Waals surface area contributed by atoms with E-state index in [2.05, 4.69) is 51.4 Å². The van der Waals surface area contributed by atoms with E-state index in [0.717, 1.165) is 38.4 Å². The van der Waals surface area contributed by atoms with Gasteiger partial charge in [-0.2, -0.15) is 0 Å². The number of aromatic nitrogens is 1. The molecule has 1 aliphatic rings. The van der Waals surface area contributed by atoms with Crippen molar-refractivity contribution in [2.45, 2.75) is 19.3 Å². The van der Waals surface area contributed by atoms with Crippen molar-refractivity contribution in [1.29, 1.82) is 0 Å². The van der Waals surface area contributed by atoms with Gasteiger partial charge in [0.15, 0.2) is 0 Å². The summed E-state index contributed by atoms with van der Waals surface area (Å²) in [6, 6.07) is 8.76. The molecular formula is C16H20ClN3S. The number of hydrogen-bond donors (Lipinski definition) is 0. The van der Waals surface area contributed by atoms with Crippen LogP contribution in [0.2, 0.25) is 0 Å². The molecule has 3 nitrogen and oxygen atoms in total. The van der Waals surface area contributed by atoms with Crippen molar-refractivity contribution in [2.75, 3.05) is 31.1 Å². The van der Waals surface area contributed by atoms with Crippen molar-refractivity contribution in [3.8, 4) is 0 Å². The van der Waals surface area contributed by atoms with Crippen LogP contribution in [0.4, 0.5) is 5.69 Å². The monoisotopic (exact) mass is 321 g/mol. The Hall–Kier alpha value is -1.10. The van der Waals surface area contributed by atoms with Gasteiger partial charge in [-0.05, 0) is 24.6 Å². The molecule has 21 heavy (non-hydrogen) atoms. The van der Waals surface area contributed by atoms with E-state index in [9.17, 15) is 0 Å². The second-order valence-corrected chi connectivity index (χ2v) is 6.68. The number of alkyl halides is 1. The Morgan fingerprint density at radius 3 is 2.71 bits per heavy atom. The summed E-state index contributed by atoms with van der Waals surface area (Å²) in [4.78, 5) is 9.49. The smallest absolute Gasteiger partial charge is 0.107 e. The van der Waals surface area contributed by atoms with Crippen molar-refractivity contribution in [1.82, 2.24) is 9.88 Å². The minimum absolute atomic E-state index is 0.512. The number of rotatable bonds is 4. The Kier molecular flexibility index (Phi) is 4.78. The minimum atomic E-state index is 0.512. The van der Waals surface area contributed by atoms with Gasteiger partial charge in [-0.15, -0.1) is 22.9 Å².